The highest BCUT2D eigenvalue weighted by atomic mass is 32.2. The van der Waals surface area contributed by atoms with Gasteiger partial charge in [-0.1, -0.05) is 35.5 Å². The lowest BCUT2D eigenvalue weighted by molar-refractivity contribution is 0.0514. The standard InChI is InChI=1S/C27H25N5O5S2/c1-16-18(3)31-37-25(16)32-39(34,35)21-11-9-20(10-12-21)30-24-22-17(2)23(38-26(22)29-15-28-24)27(33)36-14-13-19-7-5-4-6-8-19/h4-12,15,32H,13-14H2,1-3H3,(H,28,29,30). The quantitative estimate of drug-likeness (QED) is 0.221. The summed E-state index contributed by atoms with van der Waals surface area (Å²) in [6.45, 7) is 5.55. The zero-order valence-electron chi connectivity index (χ0n) is 21.4. The Hall–Kier alpha value is -4.29. The van der Waals surface area contributed by atoms with Gasteiger partial charge in [-0.3, -0.25) is 0 Å². The van der Waals surface area contributed by atoms with Crippen molar-refractivity contribution in [2.45, 2.75) is 32.1 Å². The van der Waals surface area contributed by atoms with Crippen LogP contribution in [-0.2, 0) is 21.2 Å². The summed E-state index contributed by atoms with van der Waals surface area (Å²) in [6, 6.07) is 16.0. The van der Waals surface area contributed by atoms with Crippen molar-refractivity contribution in [1.29, 1.82) is 0 Å². The molecule has 39 heavy (non-hydrogen) atoms. The minimum absolute atomic E-state index is 0.0570. The summed E-state index contributed by atoms with van der Waals surface area (Å²) in [5.41, 5.74) is 3.64. The minimum Gasteiger partial charge on any atom is -0.461 e. The third kappa shape index (κ3) is 5.61. The van der Waals surface area contributed by atoms with Gasteiger partial charge in [0.15, 0.2) is 0 Å². The summed E-state index contributed by atoms with van der Waals surface area (Å²) in [5.74, 6) is 0.176. The van der Waals surface area contributed by atoms with Crippen molar-refractivity contribution >= 4 is 54.9 Å². The van der Waals surface area contributed by atoms with Gasteiger partial charge in [-0.15, -0.1) is 11.3 Å². The molecule has 0 radical (unpaired) electrons. The topological polar surface area (TPSA) is 136 Å². The molecule has 0 saturated carbocycles. The number of aryl methyl sites for hydroxylation is 2. The van der Waals surface area contributed by atoms with Crippen LogP contribution >= 0.6 is 11.3 Å². The van der Waals surface area contributed by atoms with Crippen molar-refractivity contribution in [1.82, 2.24) is 15.1 Å². The number of carbonyl (C=O) groups is 1. The number of nitrogens with zero attached hydrogens (tertiary/aromatic N) is 3. The number of anilines is 3. The molecule has 10 nitrogen and oxygen atoms in total. The molecule has 3 heterocycles. The van der Waals surface area contributed by atoms with E-state index in [0.717, 1.165) is 5.56 Å². The fourth-order valence-corrected chi connectivity index (χ4v) is 5.97. The van der Waals surface area contributed by atoms with Crippen LogP contribution in [0.3, 0.4) is 0 Å². The second-order valence-corrected chi connectivity index (χ2v) is 11.5. The number of carbonyl (C=O) groups excluding carboxylic acids is 1. The molecule has 0 bridgehead atoms. The molecule has 0 unspecified atom stereocenters. The molecular formula is C27H25N5O5S2. The second-order valence-electron chi connectivity index (χ2n) is 8.81. The monoisotopic (exact) mass is 563 g/mol. The molecule has 5 rings (SSSR count). The lowest BCUT2D eigenvalue weighted by atomic mass is 10.2. The van der Waals surface area contributed by atoms with Crippen LogP contribution in [0.5, 0.6) is 0 Å². The van der Waals surface area contributed by atoms with Gasteiger partial charge in [-0.2, -0.15) is 0 Å². The summed E-state index contributed by atoms with van der Waals surface area (Å²) in [5, 5.41) is 7.68. The zero-order valence-corrected chi connectivity index (χ0v) is 23.0. The van der Waals surface area contributed by atoms with Crippen molar-refractivity contribution in [2.24, 2.45) is 0 Å². The van der Waals surface area contributed by atoms with E-state index < -0.39 is 16.0 Å². The second kappa shape index (κ2) is 10.8. The molecule has 0 amide bonds. The number of thiophene rings is 1. The van der Waals surface area contributed by atoms with Gasteiger partial charge < -0.3 is 14.6 Å². The van der Waals surface area contributed by atoms with Crippen molar-refractivity contribution < 1.29 is 22.5 Å². The van der Waals surface area contributed by atoms with Gasteiger partial charge >= 0.3 is 5.97 Å². The summed E-state index contributed by atoms with van der Waals surface area (Å²) < 4.78 is 38.6. The number of hydrogen-bond donors (Lipinski definition) is 2. The number of ether oxygens (including phenoxy) is 1. The number of fused-ring (bicyclic) bond motifs is 1. The van der Waals surface area contributed by atoms with Gasteiger partial charge in [-0.25, -0.2) is 27.9 Å². The Labute approximate surface area is 229 Å². The summed E-state index contributed by atoms with van der Waals surface area (Å²) >= 11 is 1.25. The third-order valence-electron chi connectivity index (χ3n) is 6.19. The SMILES string of the molecule is Cc1noc(NS(=O)(=O)c2ccc(Nc3ncnc4sc(C(=O)OCCc5ccccc5)c(C)c34)cc2)c1C. The van der Waals surface area contributed by atoms with E-state index in [2.05, 4.69) is 25.2 Å². The van der Waals surface area contributed by atoms with Crippen LogP contribution in [-0.4, -0.2) is 36.1 Å². The first kappa shape index (κ1) is 26.3. The average molecular weight is 564 g/mol. The molecule has 0 saturated heterocycles. The van der Waals surface area contributed by atoms with Crippen molar-refractivity contribution in [3.05, 3.63) is 88.2 Å². The van der Waals surface area contributed by atoms with Crippen LogP contribution in [0.15, 0.2) is 70.3 Å². The molecule has 12 heteroatoms. The van der Waals surface area contributed by atoms with E-state index in [-0.39, 0.29) is 17.4 Å². The Morgan fingerprint density at radius 3 is 2.44 bits per heavy atom. The molecule has 0 atom stereocenters. The van der Waals surface area contributed by atoms with Crippen LogP contribution in [0.25, 0.3) is 10.2 Å². The maximum atomic E-state index is 12.8. The maximum Gasteiger partial charge on any atom is 0.348 e. The zero-order chi connectivity index (χ0) is 27.6. The Kier molecular flexibility index (Phi) is 7.31. The fraction of sp³-hybridized carbons (Fsp3) is 0.185. The van der Waals surface area contributed by atoms with Gasteiger partial charge in [0.25, 0.3) is 10.0 Å². The van der Waals surface area contributed by atoms with Crippen LogP contribution in [0.4, 0.5) is 17.4 Å². The average Bonchev–Trinajstić information content (AvgIpc) is 3.44. The number of sulfonamides is 1. The summed E-state index contributed by atoms with van der Waals surface area (Å²) in [6.07, 6.45) is 2.04. The molecule has 200 valence electrons. The first-order valence-electron chi connectivity index (χ1n) is 12.0. The molecule has 0 aliphatic carbocycles. The largest absolute Gasteiger partial charge is 0.461 e. The van der Waals surface area contributed by atoms with E-state index in [9.17, 15) is 13.2 Å². The number of benzene rings is 2. The highest BCUT2D eigenvalue weighted by Gasteiger charge is 2.22. The van der Waals surface area contributed by atoms with Crippen LogP contribution in [0.1, 0.15) is 32.1 Å². The van der Waals surface area contributed by atoms with E-state index in [4.69, 9.17) is 9.26 Å². The normalized spacial score (nSPS) is 11.5. The Morgan fingerprint density at radius 1 is 1.00 bits per heavy atom. The Bertz CT molecular complexity index is 1750. The Morgan fingerprint density at radius 2 is 1.74 bits per heavy atom. The molecule has 5 aromatic rings. The van der Waals surface area contributed by atoms with E-state index >= 15 is 0 Å². The van der Waals surface area contributed by atoms with Gasteiger partial charge in [0, 0.05) is 17.7 Å². The maximum absolute atomic E-state index is 12.8. The van der Waals surface area contributed by atoms with Crippen molar-refractivity contribution in [3.8, 4) is 0 Å². The summed E-state index contributed by atoms with van der Waals surface area (Å²) in [4.78, 5) is 22.7. The highest BCUT2D eigenvalue weighted by molar-refractivity contribution is 7.92. The highest BCUT2D eigenvalue weighted by Crippen LogP contribution is 2.35. The van der Waals surface area contributed by atoms with Crippen LogP contribution in [0.2, 0.25) is 0 Å². The summed E-state index contributed by atoms with van der Waals surface area (Å²) in [7, 11) is -3.87. The molecule has 3 aromatic heterocycles. The molecule has 0 aliphatic rings. The number of esters is 1. The molecule has 0 fully saturated rings. The molecule has 2 aromatic carbocycles. The number of aromatic nitrogens is 3. The first-order valence-corrected chi connectivity index (χ1v) is 14.3. The van der Waals surface area contributed by atoms with Gasteiger partial charge in [0.05, 0.1) is 22.6 Å². The minimum atomic E-state index is -3.87. The van der Waals surface area contributed by atoms with E-state index in [1.54, 1.807) is 26.0 Å². The Balaban J connectivity index is 1.31. The third-order valence-corrected chi connectivity index (χ3v) is 8.72. The van der Waals surface area contributed by atoms with Crippen LogP contribution in [0, 0.1) is 20.8 Å². The number of hydrogen-bond acceptors (Lipinski definition) is 10. The van der Waals surface area contributed by atoms with Gasteiger partial charge in [0.2, 0.25) is 5.88 Å². The first-order chi connectivity index (χ1) is 18.7. The van der Waals surface area contributed by atoms with Gasteiger partial charge in [0.1, 0.15) is 21.9 Å². The number of rotatable bonds is 9. The van der Waals surface area contributed by atoms with Crippen LogP contribution < -0.4 is 10.0 Å². The molecule has 0 spiro atoms. The molecular weight excluding hydrogens is 538 g/mol. The lowest BCUT2D eigenvalue weighted by Crippen LogP contribution is -2.13. The molecule has 0 aliphatic heterocycles. The van der Waals surface area contributed by atoms with E-state index in [0.29, 0.717) is 49.8 Å². The van der Waals surface area contributed by atoms with E-state index in [1.807, 2.05) is 37.3 Å². The van der Waals surface area contributed by atoms with E-state index in [1.165, 1.54) is 29.8 Å². The van der Waals surface area contributed by atoms with Crippen molar-refractivity contribution in [3.63, 3.8) is 0 Å². The lowest BCUT2D eigenvalue weighted by Gasteiger charge is -2.09. The van der Waals surface area contributed by atoms with Crippen molar-refractivity contribution in [2.75, 3.05) is 16.6 Å². The van der Waals surface area contributed by atoms with Gasteiger partial charge in [-0.05, 0) is 56.2 Å². The predicted molar refractivity (Wildman–Crippen MR) is 149 cm³/mol. The molecule has 2 N–H and O–H groups in total. The fourth-order valence-electron chi connectivity index (χ4n) is 3.88. The number of nitrogens with one attached hydrogen (secondary N) is 2. The smallest absolute Gasteiger partial charge is 0.348 e. The predicted octanol–water partition coefficient (Wildman–Crippen LogP) is 5.55.